The predicted octanol–water partition coefficient (Wildman–Crippen LogP) is 2.33. The summed E-state index contributed by atoms with van der Waals surface area (Å²) in [5, 5.41) is 19.3. The van der Waals surface area contributed by atoms with E-state index in [2.05, 4.69) is 0 Å². The van der Waals surface area contributed by atoms with E-state index < -0.39 is 10.7 Å². The summed E-state index contributed by atoms with van der Waals surface area (Å²) >= 11 is 0. The third kappa shape index (κ3) is 4.29. The van der Waals surface area contributed by atoms with Crippen LogP contribution in [0, 0.1) is 15.9 Å². The van der Waals surface area contributed by atoms with E-state index in [0.717, 1.165) is 25.3 Å². The average Bonchev–Trinajstić information content (AvgIpc) is 2.33. The minimum Gasteiger partial charge on any atom is -0.396 e. The van der Waals surface area contributed by atoms with E-state index in [9.17, 15) is 14.5 Å². The smallest absolute Gasteiger partial charge is 0.274 e. The lowest BCUT2D eigenvalue weighted by Crippen LogP contribution is -2.18. The Morgan fingerprint density at radius 3 is 2.67 bits per heavy atom. The topological polar surface area (TPSA) is 66.6 Å². The summed E-state index contributed by atoms with van der Waals surface area (Å²) in [6.07, 6.45) is 2.46. The minimum atomic E-state index is -0.610. The van der Waals surface area contributed by atoms with Crippen LogP contribution in [0.2, 0.25) is 0 Å². The van der Waals surface area contributed by atoms with Gasteiger partial charge in [-0.05, 0) is 25.3 Å². The van der Waals surface area contributed by atoms with Crippen LogP contribution in [0.3, 0.4) is 0 Å². The van der Waals surface area contributed by atoms with Crippen LogP contribution in [-0.4, -0.2) is 30.2 Å². The molecule has 1 aromatic rings. The molecule has 0 amide bonds. The fourth-order valence-electron chi connectivity index (χ4n) is 1.65. The Morgan fingerprint density at radius 1 is 1.33 bits per heavy atom. The molecule has 0 spiro atoms. The number of anilines is 1. The second-order valence-corrected chi connectivity index (χ2v) is 4.13. The normalized spacial score (nSPS) is 10.4. The molecule has 6 heteroatoms. The van der Waals surface area contributed by atoms with Gasteiger partial charge in [0, 0.05) is 32.0 Å². The zero-order valence-corrected chi connectivity index (χ0v) is 10.3. The third-order valence-electron chi connectivity index (χ3n) is 2.67. The van der Waals surface area contributed by atoms with Crippen molar-refractivity contribution in [2.45, 2.75) is 19.3 Å². The molecule has 0 saturated heterocycles. The maximum absolute atomic E-state index is 13.2. The minimum absolute atomic E-state index is 0.162. The van der Waals surface area contributed by atoms with Crippen molar-refractivity contribution in [1.82, 2.24) is 0 Å². The highest BCUT2D eigenvalue weighted by atomic mass is 19.1. The predicted molar refractivity (Wildman–Crippen MR) is 67.3 cm³/mol. The molecule has 0 unspecified atom stereocenters. The number of benzene rings is 1. The lowest BCUT2D eigenvalue weighted by molar-refractivity contribution is -0.385. The van der Waals surface area contributed by atoms with Crippen LogP contribution >= 0.6 is 0 Å². The van der Waals surface area contributed by atoms with Crippen molar-refractivity contribution in [3.8, 4) is 0 Å². The maximum atomic E-state index is 13.2. The Morgan fingerprint density at radius 2 is 2.06 bits per heavy atom. The molecule has 0 radical (unpaired) electrons. The second-order valence-electron chi connectivity index (χ2n) is 4.13. The summed E-state index contributed by atoms with van der Waals surface area (Å²) in [6, 6.07) is 3.54. The van der Waals surface area contributed by atoms with Gasteiger partial charge in [0.25, 0.3) is 5.69 Å². The van der Waals surface area contributed by atoms with Gasteiger partial charge in [0.05, 0.1) is 11.0 Å². The molecule has 0 aliphatic heterocycles. The van der Waals surface area contributed by atoms with Gasteiger partial charge < -0.3 is 10.0 Å². The van der Waals surface area contributed by atoms with Gasteiger partial charge in [-0.15, -0.1) is 0 Å². The summed E-state index contributed by atoms with van der Waals surface area (Å²) in [5.74, 6) is -0.610. The summed E-state index contributed by atoms with van der Waals surface area (Å²) in [5.41, 5.74) is 0.248. The molecule has 100 valence electrons. The first-order chi connectivity index (χ1) is 8.54. The van der Waals surface area contributed by atoms with Crippen LogP contribution in [-0.2, 0) is 0 Å². The molecule has 0 aliphatic rings. The van der Waals surface area contributed by atoms with E-state index in [4.69, 9.17) is 5.11 Å². The van der Waals surface area contributed by atoms with Crippen molar-refractivity contribution in [3.63, 3.8) is 0 Å². The molecular weight excluding hydrogens is 239 g/mol. The third-order valence-corrected chi connectivity index (χ3v) is 2.67. The fraction of sp³-hybridized carbons (Fsp3) is 0.500. The molecule has 0 atom stereocenters. The van der Waals surface area contributed by atoms with Crippen molar-refractivity contribution in [2.24, 2.45) is 0 Å². The molecule has 5 nitrogen and oxygen atoms in total. The van der Waals surface area contributed by atoms with E-state index in [1.807, 2.05) is 0 Å². The lowest BCUT2D eigenvalue weighted by Gasteiger charge is -2.19. The summed E-state index contributed by atoms with van der Waals surface area (Å²) in [7, 11) is 1.76. The number of rotatable bonds is 7. The van der Waals surface area contributed by atoms with Crippen LogP contribution in [0.1, 0.15) is 19.3 Å². The van der Waals surface area contributed by atoms with Gasteiger partial charge in [-0.25, -0.2) is 4.39 Å². The fourth-order valence-corrected chi connectivity index (χ4v) is 1.65. The number of nitro benzene ring substituents is 1. The number of hydrogen-bond acceptors (Lipinski definition) is 4. The van der Waals surface area contributed by atoms with E-state index >= 15 is 0 Å². The molecular formula is C12H17FN2O3. The Hall–Kier alpha value is -1.69. The molecule has 0 heterocycles. The molecule has 1 aromatic carbocycles. The van der Waals surface area contributed by atoms with Gasteiger partial charge in [-0.1, -0.05) is 0 Å². The monoisotopic (exact) mass is 256 g/mol. The number of halogens is 1. The number of nitro groups is 1. The van der Waals surface area contributed by atoms with Gasteiger partial charge in [0.15, 0.2) is 0 Å². The number of hydrogen-bond donors (Lipinski definition) is 1. The first kappa shape index (κ1) is 14.4. The largest absolute Gasteiger partial charge is 0.396 e. The number of aliphatic hydroxyl groups excluding tert-OH is 1. The van der Waals surface area contributed by atoms with Crippen molar-refractivity contribution in [1.29, 1.82) is 0 Å². The molecule has 18 heavy (non-hydrogen) atoms. The van der Waals surface area contributed by atoms with Crippen LogP contribution in [0.4, 0.5) is 15.8 Å². The quantitative estimate of drug-likeness (QED) is 0.462. The van der Waals surface area contributed by atoms with E-state index in [1.54, 1.807) is 11.9 Å². The Labute approximate surface area is 105 Å². The van der Waals surface area contributed by atoms with Crippen LogP contribution in [0.25, 0.3) is 0 Å². The highest BCUT2D eigenvalue weighted by Crippen LogP contribution is 2.22. The van der Waals surface area contributed by atoms with Gasteiger partial charge in [-0.3, -0.25) is 10.1 Å². The Bertz CT molecular complexity index is 412. The second kappa shape index (κ2) is 6.90. The number of nitrogens with zero attached hydrogens (tertiary/aromatic N) is 2. The first-order valence-electron chi connectivity index (χ1n) is 5.81. The van der Waals surface area contributed by atoms with Crippen molar-refractivity contribution in [3.05, 3.63) is 34.1 Å². The molecule has 0 aromatic heterocycles. The van der Waals surface area contributed by atoms with Crippen molar-refractivity contribution < 1.29 is 14.4 Å². The summed E-state index contributed by atoms with van der Waals surface area (Å²) < 4.78 is 13.2. The average molecular weight is 256 g/mol. The molecule has 1 N–H and O–H groups in total. The van der Waals surface area contributed by atoms with Gasteiger partial charge in [0.1, 0.15) is 5.82 Å². The SMILES string of the molecule is CN(CCCCCO)c1cc(F)cc([N+](=O)[O-])c1. The Balaban J connectivity index is 2.67. The zero-order chi connectivity index (χ0) is 13.5. The molecule has 0 saturated carbocycles. The highest BCUT2D eigenvalue weighted by Gasteiger charge is 2.12. The van der Waals surface area contributed by atoms with Crippen molar-refractivity contribution in [2.75, 3.05) is 25.1 Å². The highest BCUT2D eigenvalue weighted by molar-refractivity contribution is 5.53. The van der Waals surface area contributed by atoms with Gasteiger partial charge in [0.2, 0.25) is 0 Å². The summed E-state index contributed by atoms with van der Waals surface area (Å²) in [6.45, 7) is 0.829. The molecule has 0 aliphatic carbocycles. The van der Waals surface area contributed by atoms with Gasteiger partial charge >= 0.3 is 0 Å². The zero-order valence-electron chi connectivity index (χ0n) is 10.3. The standard InChI is InChI=1S/C12H17FN2O3/c1-14(5-3-2-4-6-16)11-7-10(13)8-12(9-11)15(17)18/h7-9,16H,2-6H2,1H3. The molecule has 0 fully saturated rings. The van der Waals surface area contributed by atoms with Crippen LogP contribution < -0.4 is 4.90 Å². The first-order valence-corrected chi connectivity index (χ1v) is 5.81. The number of unbranched alkanes of at least 4 members (excludes halogenated alkanes) is 2. The van der Waals surface area contributed by atoms with E-state index in [0.29, 0.717) is 12.2 Å². The maximum Gasteiger partial charge on any atom is 0.274 e. The van der Waals surface area contributed by atoms with Crippen LogP contribution in [0.15, 0.2) is 18.2 Å². The number of non-ortho nitro benzene ring substituents is 1. The van der Waals surface area contributed by atoms with E-state index in [-0.39, 0.29) is 12.3 Å². The van der Waals surface area contributed by atoms with E-state index in [1.165, 1.54) is 12.1 Å². The molecule has 0 bridgehead atoms. The Kier molecular flexibility index (Phi) is 5.51. The number of aliphatic hydroxyl groups is 1. The van der Waals surface area contributed by atoms with Gasteiger partial charge in [-0.2, -0.15) is 0 Å². The molecule has 1 rings (SSSR count). The summed E-state index contributed by atoms with van der Waals surface area (Å²) in [4.78, 5) is 11.8. The lowest BCUT2D eigenvalue weighted by atomic mass is 10.2. The van der Waals surface area contributed by atoms with Crippen LogP contribution in [0.5, 0.6) is 0 Å². The van der Waals surface area contributed by atoms with Crippen molar-refractivity contribution >= 4 is 11.4 Å².